The molecule has 126 valence electrons. The Morgan fingerprint density at radius 3 is 2.67 bits per heavy atom. The number of ether oxygens (including phenoxy) is 1. The van der Waals surface area contributed by atoms with E-state index in [9.17, 15) is 9.18 Å². The minimum atomic E-state index is -0.542. The maximum atomic E-state index is 14.4. The first-order valence-corrected chi connectivity index (χ1v) is 7.76. The largest absolute Gasteiger partial charge is 0.465 e. The molecule has 6 nitrogen and oxygen atoms in total. The lowest BCUT2D eigenvalue weighted by molar-refractivity contribution is 0.0600. The number of esters is 1. The molecule has 0 amide bonds. The molecule has 1 atom stereocenters. The van der Waals surface area contributed by atoms with E-state index in [1.54, 1.807) is 30.6 Å². The summed E-state index contributed by atoms with van der Waals surface area (Å²) in [7, 11) is 1.28. The lowest BCUT2D eigenvalue weighted by Gasteiger charge is -2.41. The Labute approximate surface area is 139 Å². The summed E-state index contributed by atoms with van der Waals surface area (Å²) in [6.07, 6.45) is 3.43. The third-order valence-corrected chi connectivity index (χ3v) is 4.15. The predicted octanol–water partition coefficient (Wildman–Crippen LogP) is 2.12. The van der Waals surface area contributed by atoms with Gasteiger partial charge in [-0.15, -0.1) is 0 Å². The standard InChI is InChI=1S/C17H19FN4O2/c1-12-11-21(8-9-22(12)17-19-6-3-7-20-17)15-5-4-13(10-14(15)18)16(23)24-2/h3-7,10,12H,8-9,11H2,1-2H3/t12-/m0/s1. The van der Waals surface area contributed by atoms with Crippen LogP contribution in [0.2, 0.25) is 0 Å². The van der Waals surface area contributed by atoms with E-state index < -0.39 is 11.8 Å². The van der Waals surface area contributed by atoms with Crippen LogP contribution in [0.25, 0.3) is 0 Å². The van der Waals surface area contributed by atoms with E-state index in [1.807, 2.05) is 4.90 Å². The van der Waals surface area contributed by atoms with E-state index in [-0.39, 0.29) is 11.6 Å². The number of halogens is 1. The van der Waals surface area contributed by atoms with Gasteiger partial charge in [-0.2, -0.15) is 0 Å². The second-order valence-corrected chi connectivity index (χ2v) is 5.69. The first kappa shape index (κ1) is 16.2. The molecule has 2 aromatic rings. The number of benzene rings is 1. The molecule has 24 heavy (non-hydrogen) atoms. The molecule has 0 spiro atoms. The van der Waals surface area contributed by atoms with Crippen molar-refractivity contribution in [1.29, 1.82) is 0 Å². The van der Waals surface area contributed by atoms with E-state index >= 15 is 0 Å². The third kappa shape index (κ3) is 3.15. The van der Waals surface area contributed by atoms with Crippen LogP contribution in [0.1, 0.15) is 17.3 Å². The number of methoxy groups -OCH3 is 1. The number of anilines is 2. The Bertz CT molecular complexity index is 726. The van der Waals surface area contributed by atoms with Crippen LogP contribution < -0.4 is 9.80 Å². The van der Waals surface area contributed by atoms with Gasteiger partial charge < -0.3 is 14.5 Å². The van der Waals surface area contributed by atoms with Crippen LogP contribution in [0.15, 0.2) is 36.7 Å². The lowest BCUT2D eigenvalue weighted by atomic mass is 10.1. The highest BCUT2D eigenvalue weighted by atomic mass is 19.1. The molecule has 0 aliphatic carbocycles. The van der Waals surface area contributed by atoms with Gasteiger partial charge in [0.2, 0.25) is 5.95 Å². The SMILES string of the molecule is COC(=O)c1ccc(N2CCN(c3ncccn3)[C@@H](C)C2)c(F)c1. The van der Waals surface area contributed by atoms with Crippen molar-refractivity contribution in [2.24, 2.45) is 0 Å². The summed E-state index contributed by atoms with van der Waals surface area (Å²) in [6, 6.07) is 6.35. The second-order valence-electron chi connectivity index (χ2n) is 5.69. The number of carbonyl (C=O) groups excluding carboxylic acids is 1. The minimum Gasteiger partial charge on any atom is -0.465 e. The van der Waals surface area contributed by atoms with Crippen molar-refractivity contribution in [3.05, 3.63) is 48.0 Å². The molecule has 2 heterocycles. The highest BCUT2D eigenvalue weighted by Crippen LogP contribution is 2.25. The molecule has 1 aromatic carbocycles. The summed E-state index contributed by atoms with van der Waals surface area (Å²) >= 11 is 0. The molecular formula is C17H19FN4O2. The smallest absolute Gasteiger partial charge is 0.337 e. The zero-order valence-electron chi connectivity index (χ0n) is 13.6. The highest BCUT2D eigenvalue weighted by molar-refractivity contribution is 5.89. The van der Waals surface area contributed by atoms with Crippen molar-refractivity contribution < 1.29 is 13.9 Å². The van der Waals surface area contributed by atoms with E-state index in [1.165, 1.54) is 13.2 Å². The topological polar surface area (TPSA) is 58.6 Å². The summed E-state index contributed by atoms with van der Waals surface area (Å²) in [5.41, 5.74) is 0.700. The molecule has 0 radical (unpaired) electrons. The molecule has 1 aliphatic rings. The third-order valence-electron chi connectivity index (χ3n) is 4.15. The Hall–Kier alpha value is -2.70. The Morgan fingerprint density at radius 1 is 1.29 bits per heavy atom. The molecule has 1 saturated heterocycles. The molecule has 0 N–H and O–H groups in total. The maximum Gasteiger partial charge on any atom is 0.337 e. The van der Waals surface area contributed by atoms with Crippen molar-refractivity contribution >= 4 is 17.6 Å². The van der Waals surface area contributed by atoms with Gasteiger partial charge in [0.25, 0.3) is 0 Å². The van der Waals surface area contributed by atoms with Crippen LogP contribution in [-0.4, -0.2) is 48.7 Å². The van der Waals surface area contributed by atoms with Gasteiger partial charge in [-0.1, -0.05) is 0 Å². The van der Waals surface area contributed by atoms with Gasteiger partial charge in [0.15, 0.2) is 0 Å². The molecule has 1 fully saturated rings. The summed E-state index contributed by atoms with van der Waals surface area (Å²) in [5, 5.41) is 0. The van der Waals surface area contributed by atoms with Crippen molar-refractivity contribution in [2.45, 2.75) is 13.0 Å². The molecule has 0 bridgehead atoms. The lowest BCUT2D eigenvalue weighted by Crippen LogP contribution is -2.53. The molecule has 0 saturated carbocycles. The minimum absolute atomic E-state index is 0.140. The van der Waals surface area contributed by atoms with Gasteiger partial charge in [0, 0.05) is 38.1 Å². The quantitative estimate of drug-likeness (QED) is 0.804. The maximum absolute atomic E-state index is 14.4. The van der Waals surface area contributed by atoms with Crippen molar-refractivity contribution in [3.8, 4) is 0 Å². The number of rotatable bonds is 3. The molecule has 1 aromatic heterocycles. The van der Waals surface area contributed by atoms with Crippen LogP contribution in [0.3, 0.4) is 0 Å². The van der Waals surface area contributed by atoms with E-state index in [0.717, 1.165) is 0 Å². The first-order valence-electron chi connectivity index (χ1n) is 7.76. The Kier molecular flexibility index (Phi) is 4.59. The number of piperazine rings is 1. The van der Waals surface area contributed by atoms with Gasteiger partial charge >= 0.3 is 5.97 Å². The number of carbonyl (C=O) groups is 1. The molecule has 0 unspecified atom stereocenters. The summed E-state index contributed by atoms with van der Waals surface area (Å²) in [4.78, 5) is 24.1. The van der Waals surface area contributed by atoms with E-state index in [2.05, 4.69) is 26.5 Å². The normalized spacial score (nSPS) is 17.7. The average molecular weight is 330 g/mol. The van der Waals surface area contributed by atoms with Crippen molar-refractivity contribution in [2.75, 3.05) is 36.5 Å². The van der Waals surface area contributed by atoms with Crippen LogP contribution >= 0.6 is 0 Å². The average Bonchev–Trinajstić information content (AvgIpc) is 2.61. The van der Waals surface area contributed by atoms with E-state index in [4.69, 9.17) is 0 Å². The Morgan fingerprint density at radius 2 is 2.04 bits per heavy atom. The second kappa shape index (κ2) is 6.82. The van der Waals surface area contributed by atoms with Gasteiger partial charge in [-0.25, -0.2) is 19.2 Å². The predicted molar refractivity (Wildman–Crippen MR) is 88.8 cm³/mol. The van der Waals surface area contributed by atoms with Gasteiger partial charge in [-0.05, 0) is 31.2 Å². The molecule has 3 rings (SSSR count). The monoisotopic (exact) mass is 330 g/mol. The first-order chi connectivity index (χ1) is 11.6. The number of hydrogen-bond donors (Lipinski definition) is 0. The molecular weight excluding hydrogens is 311 g/mol. The van der Waals surface area contributed by atoms with Gasteiger partial charge in [0.1, 0.15) is 5.82 Å². The number of hydrogen-bond acceptors (Lipinski definition) is 6. The summed E-state index contributed by atoms with van der Waals surface area (Å²) in [5.74, 6) is -0.277. The van der Waals surface area contributed by atoms with Crippen LogP contribution in [0.4, 0.5) is 16.0 Å². The fourth-order valence-corrected chi connectivity index (χ4v) is 2.92. The summed E-state index contributed by atoms with van der Waals surface area (Å²) in [6.45, 7) is 4.05. The van der Waals surface area contributed by atoms with Crippen molar-refractivity contribution in [3.63, 3.8) is 0 Å². The van der Waals surface area contributed by atoms with Gasteiger partial charge in [-0.3, -0.25) is 0 Å². The van der Waals surface area contributed by atoms with E-state index in [0.29, 0.717) is 31.3 Å². The number of aromatic nitrogens is 2. The fourth-order valence-electron chi connectivity index (χ4n) is 2.92. The highest BCUT2D eigenvalue weighted by Gasteiger charge is 2.27. The number of nitrogens with zero attached hydrogens (tertiary/aromatic N) is 4. The fraction of sp³-hybridized carbons (Fsp3) is 0.353. The molecule has 1 aliphatic heterocycles. The van der Waals surface area contributed by atoms with Crippen LogP contribution in [0, 0.1) is 5.82 Å². The van der Waals surface area contributed by atoms with Gasteiger partial charge in [0.05, 0.1) is 18.4 Å². The molecule has 7 heteroatoms. The summed E-state index contributed by atoms with van der Waals surface area (Å²) < 4.78 is 19.0. The Balaban J connectivity index is 1.75. The zero-order chi connectivity index (χ0) is 17.1. The van der Waals surface area contributed by atoms with Crippen LogP contribution in [0.5, 0.6) is 0 Å². The van der Waals surface area contributed by atoms with Crippen molar-refractivity contribution in [1.82, 2.24) is 9.97 Å². The zero-order valence-corrected chi connectivity index (χ0v) is 13.6. The van der Waals surface area contributed by atoms with Crippen LogP contribution in [-0.2, 0) is 4.74 Å².